The maximum absolute atomic E-state index is 6.33. The third kappa shape index (κ3) is 2.80. The van der Waals surface area contributed by atoms with Crippen molar-refractivity contribution in [2.75, 3.05) is 20.1 Å². The molecule has 0 aromatic heterocycles. The average Bonchev–Trinajstić information content (AvgIpc) is 2.64. The first-order valence-corrected chi connectivity index (χ1v) is 5.74. The van der Waals surface area contributed by atoms with Crippen LogP contribution in [0.4, 0.5) is 0 Å². The van der Waals surface area contributed by atoms with Gasteiger partial charge in [0.25, 0.3) is 0 Å². The molecular weight excluding hydrogens is 184 g/mol. The van der Waals surface area contributed by atoms with Crippen LogP contribution in [-0.2, 0) is 5.54 Å². The second-order valence-corrected chi connectivity index (χ2v) is 4.01. The number of nitrogens with two attached hydrogens (primary N) is 1. The largest absolute Gasteiger partial charge is 0.320 e. The molecule has 0 amide bonds. The molecule has 2 nitrogen and oxygen atoms in total. The zero-order valence-electron chi connectivity index (χ0n) is 10.0. The van der Waals surface area contributed by atoms with Crippen LogP contribution in [-0.4, -0.2) is 25.0 Å². The van der Waals surface area contributed by atoms with Gasteiger partial charge in [0.1, 0.15) is 0 Å². The minimum Gasteiger partial charge on any atom is -0.320 e. The van der Waals surface area contributed by atoms with Crippen molar-refractivity contribution in [3.05, 3.63) is 35.9 Å². The van der Waals surface area contributed by atoms with E-state index in [9.17, 15) is 0 Å². The lowest BCUT2D eigenvalue weighted by atomic mass is 9.90. The van der Waals surface area contributed by atoms with Gasteiger partial charge in [-0.1, -0.05) is 44.2 Å². The molecule has 1 atom stereocenters. The molecule has 1 saturated heterocycles. The van der Waals surface area contributed by atoms with Crippen molar-refractivity contribution in [3.8, 4) is 0 Å². The van der Waals surface area contributed by atoms with E-state index in [0.29, 0.717) is 0 Å². The summed E-state index contributed by atoms with van der Waals surface area (Å²) in [7, 11) is 2.12. The molecule has 0 aliphatic carbocycles. The summed E-state index contributed by atoms with van der Waals surface area (Å²) in [6.07, 6.45) is 1.06. The van der Waals surface area contributed by atoms with Gasteiger partial charge in [-0.3, -0.25) is 0 Å². The fourth-order valence-electron chi connectivity index (χ4n) is 2.04. The normalized spacial score (nSPS) is 25.9. The van der Waals surface area contributed by atoms with E-state index in [-0.39, 0.29) is 5.54 Å². The van der Waals surface area contributed by atoms with E-state index < -0.39 is 0 Å². The van der Waals surface area contributed by atoms with Crippen molar-refractivity contribution >= 4 is 0 Å². The van der Waals surface area contributed by atoms with Gasteiger partial charge in [0.15, 0.2) is 0 Å². The van der Waals surface area contributed by atoms with E-state index in [2.05, 4.69) is 36.2 Å². The minimum atomic E-state index is -0.115. The van der Waals surface area contributed by atoms with Crippen molar-refractivity contribution in [1.29, 1.82) is 0 Å². The first-order valence-electron chi connectivity index (χ1n) is 5.74. The molecule has 1 aromatic carbocycles. The molecular formula is C13H22N2. The van der Waals surface area contributed by atoms with E-state index in [0.717, 1.165) is 19.5 Å². The molecule has 1 heterocycles. The minimum absolute atomic E-state index is 0.115. The maximum atomic E-state index is 6.33. The molecule has 2 heteroatoms. The highest BCUT2D eigenvalue weighted by Crippen LogP contribution is 2.27. The van der Waals surface area contributed by atoms with Gasteiger partial charge in [0, 0.05) is 13.1 Å². The molecule has 2 rings (SSSR count). The Kier molecular flexibility index (Phi) is 4.30. The summed E-state index contributed by atoms with van der Waals surface area (Å²) in [4.78, 5) is 2.28. The quantitative estimate of drug-likeness (QED) is 0.763. The summed E-state index contributed by atoms with van der Waals surface area (Å²) in [5.41, 5.74) is 7.48. The van der Waals surface area contributed by atoms with Gasteiger partial charge in [-0.15, -0.1) is 0 Å². The van der Waals surface area contributed by atoms with Crippen molar-refractivity contribution < 1.29 is 0 Å². The molecule has 1 aromatic rings. The van der Waals surface area contributed by atoms with Crippen molar-refractivity contribution in [1.82, 2.24) is 4.90 Å². The second kappa shape index (κ2) is 5.29. The maximum Gasteiger partial charge on any atom is 0.0550 e. The topological polar surface area (TPSA) is 29.3 Å². The van der Waals surface area contributed by atoms with Crippen molar-refractivity contribution in [2.24, 2.45) is 5.73 Å². The fourth-order valence-corrected chi connectivity index (χ4v) is 2.04. The molecule has 0 saturated carbocycles. The van der Waals surface area contributed by atoms with Crippen LogP contribution in [0.3, 0.4) is 0 Å². The Balaban J connectivity index is 0.000000531. The van der Waals surface area contributed by atoms with Crippen LogP contribution in [0, 0.1) is 0 Å². The lowest BCUT2D eigenvalue weighted by Gasteiger charge is -2.24. The lowest BCUT2D eigenvalue weighted by Crippen LogP contribution is -2.38. The number of hydrogen-bond donors (Lipinski definition) is 1. The number of likely N-dealkylation sites (N-methyl/N-ethyl adjacent to an activating group) is 1. The SMILES string of the molecule is CC.CN1CCC(N)(c2ccccc2)C1. The molecule has 0 spiro atoms. The van der Waals surface area contributed by atoms with Crippen LogP contribution in [0.2, 0.25) is 0 Å². The predicted molar refractivity (Wildman–Crippen MR) is 65.8 cm³/mol. The van der Waals surface area contributed by atoms with Crippen LogP contribution in [0.25, 0.3) is 0 Å². The number of nitrogens with zero attached hydrogens (tertiary/aromatic N) is 1. The first kappa shape index (κ1) is 12.2. The Bertz CT molecular complexity index is 284. The Morgan fingerprint density at radius 2 is 1.80 bits per heavy atom. The summed E-state index contributed by atoms with van der Waals surface area (Å²) < 4.78 is 0. The zero-order chi connectivity index (χ0) is 11.3. The zero-order valence-corrected chi connectivity index (χ0v) is 10.0. The average molecular weight is 206 g/mol. The Morgan fingerprint density at radius 3 is 2.27 bits per heavy atom. The van der Waals surface area contributed by atoms with Gasteiger partial charge in [0.05, 0.1) is 5.54 Å². The Labute approximate surface area is 93.1 Å². The molecule has 0 radical (unpaired) electrons. The van der Waals surface area contributed by atoms with E-state index >= 15 is 0 Å². The first-order chi connectivity index (χ1) is 7.21. The van der Waals surface area contributed by atoms with Gasteiger partial charge in [0.2, 0.25) is 0 Å². The molecule has 2 N–H and O–H groups in total. The van der Waals surface area contributed by atoms with E-state index in [1.165, 1.54) is 5.56 Å². The summed E-state index contributed by atoms with van der Waals surface area (Å²) in [5.74, 6) is 0. The van der Waals surface area contributed by atoms with Gasteiger partial charge >= 0.3 is 0 Å². The van der Waals surface area contributed by atoms with Gasteiger partial charge < -0.3 is 10.6 Å². The highest BCUT2D eigenvalue weighted by atomic mass is 15.2. The molecule has 0 bridgehead atoms. The summed E-state index contributed by atoms with van der Waals surface area (Å²) >= 11 is 0. The monoisotopic (exact) mass is 206 g/mol. The Morgan fingerprint density at radius 1 is 1.20 bits per heavy atom. The van der Waals surface area contributed by atoms with Crippen LogP contribution in [0.15, 0.2) is 30.3 Å². The number of hydrogen-bond acceptors (Lipinski definition) is 2. The van der Waals surface area contributed by atoms with Crippen LogP contribution in [0.1, 0.15) is 25.8 Å². The van der Waals surface area contributed by atoms with Crippen LogP contribution >= 0.6 is 0 Å². The second-order valence-electron chi connectivity index (χ2n) is 4.01. The molecule has 84 valence electrons. The summed E-state index contributed by atoms with van der Waals surface area (Å²) in [6, 6.07) is 10.4. The predicted octanol–water partition coefficient (Wildman–Crippen LogP) is 2.20. The van der Waals surface area contributed by atoms with E-state index in [1.807, 2.05) is 19.9 Å². The third-order valence-electron chi connectivity index (χ3n) is 2.84. The molecule has 1 fully saturated rings. The van der Waals surface area contributed by atoms with E-state index in [1.54, 1.807) is 0 Å². The summed E-state index contributed by atoms with van der Waals surface area (Å²) in [6.45, 7) is 6.07. The third-order valence-corrected chi connectivity index (χ3v) is 2.84. The highest BCUT2D eigenvalue weighted by molar-refractivity contribution is 5.25. The number of benzene rings is 1. The van der Waals surface area contributed by atoms with Crippen LogP contribution < -0.4 is 5.73 Å². The molecule has 1 unspecified atom stereocenters. The van der Waals surface area contributed by atoms with Gasteiger partial charge in [-0.2, -0.15) is 0 Å². The van der Waals surface area contributed by atoms with Gasteiger partial charge in [-0.25, -0.2) is 0 Å². The fraction of sp³-hybridized carbons (Fsp3) is 0.538. The summed E-state index contributed by atoms with van der Waals surface area (Å²) in [5, 5.41) is 0. The van der Waals surface area contributed by atoms with Crippen molar-refractivity contribution in [2.45, 2.75) is 25.8 Å². The van der Waals surface area contributed by atoms with Crippen LogP contribution in [0.5, 0.6) is 0 Å². The van der Waals surface area contributed by atoms with Crippen molar-refractivity contribution in [3.63, 3.8) is 0 Å². The van der Waals surface area contributed by atoms with Gasteiger partial charge in [-0.05, 0) is 19.0 Å². The standard InChI is InChI=1S/C11H16N2.C2H6/c1-13-8-7-11(12,9-13)10-5-3-2-4-6-10;1-2/h2-6H,7-9,12H2,1H3;1-2H3. The number of rotatable bonds is 1. The Hall–Kier alpha value is -0.860. The smallest absolute Gasteiger partial charge is 0.0550 e. The van der Waals surface area contributed by atoms with E-state index in [4.69, 9.17) is 5.73 Å². The highest BCUT2D eigenvalue weighted by Gasteiger charge is 2.33. The lowest BCUT2D eigenvalue weighted by molar-refractivity contribution is 0.373. The number of likely N-dealkylation sites (tertiary alicyclic amines) is 1. The molecule has 15 heavy (non-hydrogen) atoms. The molecule has 1 aliphatic heterocycles. The molecule has 1 aliphatic rings.